The van der Waals surface area contributed by atoms with Gasteiger partial charge in [0.05, 0.1) is 14.9 Å². The Hall–Kier alpha value is 0.130. The van der Waals surface area contributed by atoms with Gasteiger partial charge in [-0.3, -0.25) is 0 Å². The van der Waals surface area contributed by atoms with Crippen LogP contribution in [0.5, 0.6) is 0 Å². The minimum atomic E-state index is 0.146. The lowest BCUT2D eigenvalue weighted by Gasteiger charge is -2.17. The van der Waals surface area contributed by atoms with Crippen LogP contribution in [-0.4, -0.2) is 7.05 Å². The Morgan fingerprint density at radius 3 is 2.56 bits per heavy atom. The lowest BCUT2D eigenvalue weighted by Crippen LogP contribution is -2.17. The second kappa shape index (κ2) is 6.06. The van der Waals surface area contributed by atoms with Crippen LogP contribution < -0.4 is 5.32 Å². The van der Waals surface area contributed by atoms with Gasteiger partial charge < -0.3 is 5.32 Å². The Balaban J connectivity index is 2.48. The van der Waals surface area contributed by atoms with Crippen molar-refractivity contribution < 1.29 is 0 Å². The number of aryl methyl sites for hydroxylation is 1. The highest BCUT2D eigenvalue weighted by molar-refractivity contribution is 9.11. The lowest BCUT2D eigenvalue weighted by molar-refractivity contribution is 0.700. The topological polar surface area (TPSA) is 12.0 Å². The van der Waals surface area contributed by atoms with Gasteiger partial charge in [0.25, 0.3) is 0 Å². The third-order valence-corrected chi connectivity index (χ3v) is 5.96. The number of nitrogens with one attached hydrogen (secondary N) is 1. The molecular weight excluding hydrogens is 397 g/mol. The molecule has 1 aromatic heterocycles. The maximum absolute atomic E-state index is 6.11. The monoisotopic (exact) mass is 407 g/mol. The number of thiophene rings is 1. The van der Waals surface area contributed by atoms with Crippen LogP contribution in [0.4, 0.5) is 0 Å². The fraction of sp³-hybridized carbons (Fsp3) is 0.231. The molecule has 0 fully saturated rings. The average molecular weight is 410 g/mol. The van der Waals surface area contributed by atoms with E-state index in [-0.39, 0.29) is 6.04 Å². The van der Waals surface area contributed by atoms with E-state index in [1.807, 2.05) is 13.1 Å². The molecule has 5 heteroatoms. The molecule has 1 unspecified atom stereocenters. The van der Waals surface area contributed by atoms with Gasteiger partial charge in [-0.1, -0.05) is 45.2 Å². The maximum Gasteiger partial charge on any atom is 0.0888 e. The lowest BCUT2D eigenvalue weighted by atomic mass is 10.0. The fourth-order valence-corrected chi connectivity index (χ4v) is 4.19. The summed E-state index contributed by atoms with van der Waals surface area (Å²) in [5.41, 5.74) is 2.47. The molecule has 0 aliphatic carbocycles. The van der Waals surface area contributed by atoms with Gasteiger partial charge in [-0.05, 0) is 47.6 Å². The van der Waals surface area contributed by atoms with E-state index >= 15 is 0 Å². The molecule has 1 aromatic carbocycles. The first kappa shape index (κ1) is 14.5. The van der Waals surface area contributed by atoms with Crippen molar-refractivity contribution in [2.24, 2.45) is 0 Å². The van der Waals surface area contributed by atoms with Crippen LogP contribution in [0.3, 0.4) is 0 Å². The molecule has 18 heavy (non-hydrogen) atoms. The van der Waals surface area contributed by atoms with Crippen LogP contribution in [0.25, 0.3) is 0 Å². The van der Waals surface area contributed by atoms with Crippen LogP contribution in [0.2, 0.25) is 5.02 Å². The molecule has 0 saturated carbocycles. The molecule has 1 atom stereocenters. The summed E-state index contributed by atoms with van der Waals surface area (Å²) >= 11 is 14.9. The van der Waals surface area contributed by atoms with Crippen LogP contribution in [-0.2, 0) is 0 Å². The third-order valence-electron chi connectivity index (χ3n) is 2.70. The highest BCUT2D eigenvalue weighted by Crippen LogP contribution is 2.39. The molecule has 0 saturated heterocycles. The summed E-state index contributed by atoms with van der Waals surface area (Å²) in [6.07, 6.45) is 0. The van der Waals surface area contributed by atoms with E-state index in [2.05, 4.69) is 62.3 Å². The molecule has 0 aliphatic rings. The van der Waals surface area contributed by atoms with E-state index < -0.39 is 0 Å². The van der Waals surface area contributed by atoms with Crippen molar-refractivity contribution in [1.82, 2.24) is 5.32 Å². The van der Waals surface area contributed by atoms with Crippen LogP contribution >= 0.6 is 54.8 Å². The minimum absolute atomic E-state index is 0.146. The molecule has 2 rings (SSSR count). The normalized spacial score (nSPS) is 12.7. The standard InChI is InChI=1S/C13H12Br2ClNS/c1-7-3-4-9(14)8(5-7)12(17-2)11-6-10(16)13(15)18-11/h3-6,12,17H,1-2H3. The molecule has 0 aliphatic heterocycles. The molecule has 96 valence electrons. The van der Waals surface area contributed by atoms with Gasteiger partial charge in [-0.15, -0.1) is 11.3 Å². The van der Waals surface area contributed by atoms with E-state index in [0.717, 1.165) is 13.3 Å². The number of hydrogen-bond donors (Lipinski definition) is 1. The second-order valence-electron chi connectivity index (χ2n) is 4.02. The minimum Gasteiger partial charge on any atom is -0.309 e. The van der Waals surface area contributed by atoms with Crippen molar-refractivity contribution in [2.75, 3.05) is 7.05 Å². The quantitative estimate of drug-likeness (QED) is 0.701. The Labute approximate surface area is 133 Å². The van der Waals surface area contributed by atoms with Crippen molar-refractivity contribution in [1.29, 1.82) is 0 Å². The third kappa shape index (κ3) is 2.99. The first-order chi connectivity index (χ1) is 8.52. The van der Waals surface area contributed by atoms with Gasteiger partial charge in [-0.25, -0.2) is 0 Å². The van der Waals surface area contributed by atoms with Crippen molar-refractivity contribution in [3.8, 4) is 0 Å². The second-order valence-corrected chi connectivity index (χ2v) is 7.68. The maximum atomic E-state index is 6.11. The predicted octanol–water partition coefficient (Wildman–Crippen LogP) is 5.54. The van der Waals surface area contributed by atoms with E-state index in [1.54, 1.807) is 11.3 Å². The van der Waals surface area contributed by atoms with E-state index in [9.17, 15) is 0 Å². The molecular formula is C13H12Br2ClNS. The number of halogens is 3. The SMILES string of the molecule is CNC(c1cc(Cl)c(Br)s1)c1cc(C)ccc1Br. The summed E-state index contributed by atoms with van der Waals surface area (Å²) in [5, 5.41) is 4.11. The van der Waals surface area contributed by atoms with Crippen molar-refractivity contribution in [3.63, 3.8) is 0 Å². The highest BCUT2D eigenvalue weighted by Gasteiger charge is 2.18. The highest BCUT2D eigenvalue weighted by atomic mass is 79.9. The Kier molecular flexibility index (Phi) is 4.89. The molecule has 1 heterocycles. The molecule has 2 aromatic rings. The Morgan fingerprint density at radius 1 is 1.28 bits per heavy atom. The summed E-state index contributed by atoms with van der Waals surface area (Å²) in [6.45, 7) is 2.10. The first-order valence-corrected chi connectivity index (χ1v) is 8.19. The van der Waals surface area contributed by atoms with Crippen LogP contribution in [0.1, 0.15) is 22.0 Å². The zero-order chi connectivity index (χ0) is 13.3. The summed E-state index contributed by atoms with van der Waals surface area (Å²) in [7, 11) is 1.96. The zero-order valence-electron chi connectivity index (χ0n) is 9.93. The molecule has 1 N–H and O–H groups in total. The molecule has 0 bridgehead atoms. The molecule has 1 nitrogen and oxygen atoms in total. The van der Waals surface area contributed by atoms with E-state index in [1.165, 1.54) is 16.0 Å². The number of hydrogen-bond acceptors (Lipinski definition) is 2. The fourth-order valence-electron chi connectivity index (χ4n) is 1.84. The smallest absolute Gasteiger partial charge is 0.0888 e. The van der Waals surface area contributed by atoms with E-state index in [4.69, 9.17) is 11.6 Å². The van der Waals surface area contributed by atoms with Crippen molar-refractivity contribution in [3.05, 3.63) is 53.6 Å². The van der Waals surface area contributed by atoms with Crippen molar-refractivity contribution in [2.45, 2.75) is 13.0 Å². The molecule has 0 spiro atoms. The van der Waals surface area contributed by atoms with Gasteiger partial charge in [-0.2, -0.15) is 0 Å². The van der Waals surface area contributed by atoms with Crippen LogP contribution in [0, 0.1) is 6.92 Å². The van der Waals surface area contributed by atoms with Gasteiger partial charge in [0.2, 0.25) is 0 Å². The van der Waals surface area contributed by atoms with Gasteiger partial charge in [0.15, 0.2) is 0 Å². The summed E-state index contributed by atoms with van der Waals surface area (Å²) in [4.78, 5) is 1.20. The molecule has 0 amide bonds. The zero-order valence-corrected chi connectivity index (χ0v) is 14.7. The number of rotatable bonds is 3. The Bertz CT molecular complexity index is 549. The molecule has 0 radical (unpaired) electrons. The van der Waals surface area contributed by atoms with Gasteiger partial charge in [0.1, 0.15) is 0 Å². The summed E-state index contributed by atoms with van der Waals surface area (Å²) in [6, 6.07) is 8.52. The largest absolute Gasteiger partial charge is 0.309 e. The van der Waals surface area contributed by atoms with Gasteiger partial charge in [0, 0.05) is 9.35 Å². The number of benzene rings is 1. The summed E-state index contributed by atoms with van der Waals surface area (Å²) < 4.78 is 2.08. The van der Waals surface area contributed by atoms with Crippen LogP contribution in [0.15, 0.2) is 32.5 Å². The van der Waals surface area contributed by atoms with E-state index in [0.29, 0.717) is 0 Å². The van der Waals surface area contributed by atoms with Gasteiger partial charge >= 0.3 is 0 Å². The summed E-state index contributed by atoms with van der Waals surface area (Å²) in [5.74, 6) is 0. The Morgan fingerprint density at radius 2 is 2.00 bits per heavy atom. The average Bonchev–Trinajstić information content (AvgIpc) is 2.65. The predicted molar refractivity (Wildman–Crippen MR) is 86.8 cm³/mol. The van der Waals surface area contributed by atoms with Crippen molar-refractivity contribution >= 4 is 54.8 Å². The first-order valence-electron chi connectivity index (χ1n) is 5.41.